The fourth-order valence-electron chi connectivity index (χ4n) is 5.00. The molecule has 9 heteroatoms. The van der Waals surface area contributed by atoms with Gasteiger partial charge in [0.25, 0.3) is 0 Å². The van der Waals surface area contributed by atoms with E-state index in [-0.39, 0.29) is 42.4 Å². The van der Waals surface area contributed by atoms with Crippen molar-refractivity contribution < 1.29 is 27.2 Å². The molecule has 0 spiro atoms. The van der Waals surface area contributed by atoms with Gasteiger partial charge < -0.3 is 13.5 Å². The van der Waals surface area contributed by atoms with Gasteiger partial charge in [0.1, 0.15) is 5.82 Å². The number of carbonyl (C=O) groups excluding carboxylic acids is 1. The Morgan fingerprint density at radius 3 is 2.28 bits per heavy atom. The van der Waals surface area contributed by atoms with E-state index in [9.17, 15) is 13.8 Å². The normalized spacial score (nSPS) is 15.3. The van der Waals surface area contributed by atoms with E-state index in [0.717, 1.165) is 46.1 Å². The Labute approximate surface area is 256 Å². The van der Waals surface area contributed by atoms with E-state index in [2.05, 4.69) is 33.9 Å². The average molecular weight is 626 g/mol. The second-order valence-electron chi connectivity index (χ2n) is 12.7. The lowest BCUT2D eigenvalue weighted by molar-refractivity contribution is -0.115. The largest absolute Gasteiger partial charge is 0.413 e. The zero-order valence-electron chi connectivity index (χ0n) is 26.5. The number of halogens is 1. The molecule has 0 radical (unpaired) electrons. The third kappa shape index (κ3) is 8.37. The van der Waals surface area contributed by atoms with Gasteiger partial charge in [-0.15, -0.1) is 0 Å². The Morgan fingerprint density at radius 1 is 1.07 bits per heavy atom. The number of para-hydroxylation sites is 1. The highest BCUT2D eigenvalue weighted by Crippen LogP contribution is 2.50. The molecule has 0 unspecified atom stereocenters. The maximum absolute atomic E-state index is 13.9. The lowest BCUT2D eigenvalue weighted by Gasteiger charge is -2.39. The number of hydrogen-bond acceptors (Lipinski definition) is 6. The molecule has 1 aromatic heterocycles. The summed E-state index contributed by atoms with van der Waals surface area (Å²) in [5.74, 6) is -0.138. The SMILES string of the molecule is CCOP(=O)(C[C@H](CC(=O)/C=C/c1c(C2CC2)nc2ccccc2c1-c1ccc(F)cc1)O[Si](C)(C)C(C)(C)C)OCC. The van der Waals surface area contributed by atoms with Crippen molar-refractivity contribution in [2.45, 2.75) is 84.0 Å². The number of rotatable bonds is 14. The molecule has 232 valence electrons. The zero-order valence-corrected chi connectivity index (χ0v) is 28.4. The number of fused-ring (bicyclic) bond motifs is 1. The number of nitrogens with zero attached hydrogens (tertiary/aromatic N) is 1. The molecule has 1 aliphatic rings. The monoisotopic (exact) mass is 625 g/mol. The highest BCUT2D eigenvalue weighted by molar-refractivity contribution is 7.53. The summed E-state index contributed by atoms with van der Waals surface area (Å²) in [7, 11) is -5.78. The number of allylic oxidation sites excluding steroid dienone is 1. The van der Waals surface area contributed by atoms with E-state index in [1.807, 2.05) is 30.3 Å². The van der Waals surface area contributed by atoms with Gasteiger partial charge in [-0.2, -0.15) is 0 Å². The first kappa shape index (κ1) is 33.4. The molecule has 0 N–H and O–H groups in total. The van der Waals surface area contributed by atoms with E-state index in [4.69, 9.17) is 18.5 Å². The number of ketones is 1. The lowest BCUT2D eigenvalue weighted by Crippen LogP contribution is -2.45. The van der Waals surface area contributed by atoms with Gasteiger partial charge in [0, 0.05) is 28.9 Å². The van der Waals surface area contributed by atoms with Crippen LogP contribution in [0.1, 0.15) is 71.1 Å². The number of pyridine rings is 1. The maximum atomic E-state index is 13.9. The number of carbonyl (C=O) groups is 1. The smallest absolute Gasteiger partial charge is 0.333 e. The van der Waals surface area contributed by atoms with E-state index < -0.39 is 22.0 Å². The van der Waals surface area contributed by atoms with Crippen LogP contribution in [0.2, 0.25) is 18.1 Å². The number of hydrogen-bond donors (Lipinski definition) is 0. The first-order valence-corrected chi connectivity index (χ1v) is 19.9. The van der Waals surface area contributed by atoms with Gasteiger partial charge in [-0.05, 0) is 80.7 Å². The van der Waals surface area contributed by atoms with Crippen LogP contribution in [0, 0.1) is 5.82 Å². The van der Waals surface area contributed by atoms with Gasteiger partial charge in [0.2, 0.25) is 0 Å². The molecule has 0 amide bonds. The highest BCUT2D eigenvalue weighted by atomic mass is 31.2. The van der Waals surface area contributed by atoms with Crippen molar-refractivity contribution in [2.24, 2.45) is 0 Å². The van der Waals surface area contributed by atoms with E-state index in [0.29, 0.717) is 5.92 Å². The van der Waals surface area contributed by atoms with Gasteiger partial charge >= 0.3 is 7.60 Å². The molecule has 43 heavy (non-hydrogen) atoms. The summed E-state index contributed by atoms with van der Waals surface area (Å²) in [6, 6.07) is 14.4. The molecule has 1 atom stereocenters. The second-order valence-corrected chi connectivity index (χ2v) is 19.6. The van der Waals surface area contributed by atoms with Gasteiger partial charge in [0.05, 0.1) is 36.7 Å². The second kappa shape index (κ2) is 13.7. The van der Waals surface area contributed by atoms with Gasteiger partial charge in [-0.3, -0.25) is 14.3 Å². The summed E-state index contributed by atoms with van der Waals surface area (Å²) in [4.78, 5) is 18.6. The van der Waals surface area contributed by atoms with Crippen molar-refractivity contribution in [2.75, 3.05) is 19.4 Å². The third-order valence-electron chi connectivity index (χ3n) is 8.27. The maximum Gasteiger partial charge on any atom is 0.333 e. The summed E-state index contributed by atoms with van der Waals surface area (Å²) < 4.78 is 45.2. The van der Waals surface area contributed by atoms with Gasteiger partial charge in [0.15, 0.2) is 14.1 Å². The third-order valence-corrected chi connectivity index (χ3v) is 15.0. The summed E-state index contributed by atoms with van der Waals surface area (Å²) in [6.45, 7) is 14.7. The molecule has 4 rings (SSSR count). The predicted octanol–water partition coefficient (Wildman–Crippen LogP) is 9.55. The van der Waals surface area contributed by atoms with Gasteiger partial charge in [-0.25, -0.2) is 4.39 Å². The van der Waals surface area contributed by atoms with Crippen LogP contribution in [0.25, 0.3) is 28.1 Å². The van der Waals surface area contributed by atoms with Crippen molar-refractivity contribution in [3.05, 3.63) is 71.7 Å². The van der Waals surface area contributed by atoms with E-state index in [1.165, 1.54) is 12.1 Å². The van der Waals surface area contributed by atoms with E-state index in [1.54, 1.807) is 32.1 Å². The summed E-state index contributed by atoms with van der Waals surface area (Å²) in [6.07, 6.45) is 4.92. The molecule has 0 bridgehead atoms. The Balaban J connectivity index is 1.72. The topological polar surface area (TPSA) is 74.7 Å². The quantitative estimate of drug-likeness (QED) is 0.101. The summed E-state index contributed by atoms with van der Waals surface area (Å²) in [5, 5.41) is 0.838. The Hall–Kier alpha value is -2.48. The fourth-order valence-corrected chi connectivity index (χ4v) is 8.27. The van der Waals surface area contributed by atoms with Crippen molar-refractivity contribution in [3.63, 3.8) is 0 Å². The minimum Gasteiger partial charge on any atom is -0.413 e. The van der Waals surface area contributed by atoms with Crippen molar-refractivity contribution in [1.82, 2.24) is 4.98 Å². The lowest BCUT2D eigenvalue weighted by atomic mass is 9.92. The molecule has 6 nitrogen and oxygen atoms in total. The molecule has 1 heterocycles. The van der Waals surface area contributed by atoms with E-state index >= 15 is 0 Å². The molecule has 0 aliphatic heterocycles. The number of aromatic nitrogens is 1. The highest BCUT2D eigenvalue weighted by Gasteiger charge is 2.41. The summed E-state index contributed by atoms with van der Waals surface area (Å²) in [5.41, 5.74) is 4.49. The standard InChI is InChI=1S/C34H45FNO5PSi/c1-8-39-42(38,40-9-2)23-28(41-43(6,7)34(3,4)5)22-27(37)20-21-30-32(24-16-18-26(35)19-17-24)29-12-10-11-13-31(29)36-33(30)25-14-15-25/h10-13,16-21,25,28H,8-9,14-15,22-23H2,1-7H3/b21-20+/t28-/m0/s1. The molecule has 2 aromatic carbocycles. The van der Waals surface area contributed by atoms with Crippen LogP contribution in [0.15, 0.2) is 54.6 Å². The fraction of sp³-hybridized carbons (Fsp3) is 0.471. The minimum absolute atomic E-state index is 0.00640. The Morgan fingerprint density at radius 2 is 1.70 bits per heavy atom. The van der Waals surface area contributed by atoms with Crippen LogP contribution < -0.4 is 0 Å². The van der Waals surface area contributed by atoms with Crippen molar-refractivity contribution >= 4 is 38.7 Å². The molecule has 1 fully saturated rings. The van der Waals surface area contributed by atoms with Gasteiger partial charge in [-0.1, -0.05) is 51.1 Å². The first-order valence-electron chi connectivity index (χ1n) is 15.2. The Bertz CT molecular complexity index is 1500. The molecular formula is C34H45FNO5PSi. The van der Waals surface area contributed by atoms with Crippen LogP contribution in [0.4, 0.5) is 4.39 Å². The average Bonchev–Trinajstić information content (AvgIpc) is 3.76. The van der Waals surface area contributed by atoms with Crippen LogP contribution >= 0.6 is 7.60 Å². The van der Waals surface area contributed by atoms with Crippen molar-refractivity contribution in [1.29, 1.82) is 0 Å². The molecular weight excluding hydrogens is 580 g/mol. The molecule has 1 aliphatic carbocycles. The Kier molecular flexibility index (Phi) is 10.6. The molecule has 0 saturated heterocycles. The summed E-state index contributed by atoms with van der Waals surface area (Å²) >= 11 is 0. The first-order chi connectivity index (χ1) is 20.3. The zero-order chi connectivity index (χ0) is 31.4. The molecule has 3 aromatic rings. The number of benzene rings is 2. The van der Waals surface area contributed by atoms with Crippen LogP contribution in [0.3, 0.4) is 0 Å². The van der Waals surface area contributed by atoms with Crippen LogP contribution in [-0.2, 0) is 22.8 Å². The van der Waals surface area contributed by atoms with Crippen LogP contribution in [-0.4, -0.2) is 44.6 Å². The predicted molar refractivity (Wildman–Crippen MR) is 176 cm³/mol. The molecule has 1 saturated carbocycles. The van der Waals surface area contributed by atoms with Crippen molar-refractivity contribution in [3.8, 4) is 11.1 Å². The minimum atomic E-state index is -3.46. The van der Waals surface area contributed by atoms with Crippen LogP contribution in [0.5, 0.6) is 0 Å².